The second-order valence-corrected chi connectivity index (χ2v) is 7.78. The van der Waals surface area contributed by atoms with Gasteiger partial charge in [0.05, 0.1) is 16.8 Å². The monoisotopic (exact) mass is 424 g/mol. The van der Waals surface area contributed by atoms with Gasteiger partial charge in [-0.1, -0.05) is 17.7 Å². The number of nitrogens with two attached hydrogens (primary N) is 1. The maximum Gasteiger partial charge on any atom is 0.414 e. The Hall–Kier alpha value is -1.95. The number of rotatable bonds is 6. The largest absolute Gasteiger partial charge is 0.414 e. The number of nitrogens with zero attached hydrogens (tertiary/aromatic N) is 2. The van der Waals surface area contributed by atoms with Crippen LogP contribution in [0.3, 0.4) is 0 Å². The van der Waals surface area contributed by atoms with Gasteiger partial charge in [-0.2, -0.15) is 13.2 Å². The number of nitrogens with one attached hydrogen (secondary N) is 1. The lowest BCUT2D eigenvalue weighted by molar-refractivity contribution is -0.204. The zero-order valence-corrected chi connectivity index (χ0v) is 15.5. The molecular formula is C15H16ClF3N4O3S. The van der Waals surface area contributed by atoms with E-state index in [1.807, 2.05) is 4.72 Å². The summed E-state index contributed by atoms with van der Waals surface area (Å²) in [5.41, 5.74) is 6.89. The van der Waals surface area contributed by atoms with Crippen LogP contribution in [0.25, 0.3) is 11.3 Å². The molecule has 0 radical (unpaired) electrons. The van der Waals surface area contributed by atoms with Gasteiger partial charge >= 0.3 is 6.18 Å². The highest BCUT2D eigenvalue weighted by atomic mass is 35.5. The average molecular weight is 425 g/mol. The van der Waals surface area contributed by atoms with Crippen LogP contribution >= 0.6 is 11.6 Å². The molecule has 27 heavy (non-hydrogen) atoms. The van der Waals surface area contributed by atoms with Gasteiger partial charge in [-0.15, -0.1) is 0 Å². The summed E-state index contributed by atoms with van der Waals surface area (Å²) in [7, 11) is -4.10. The highest BCUT2D eigenvalue weighted by Gasteiger charge is 2.37. The molecule has 0 amide bonds. The number of sulfonamides is 1. The molecule has 0 spiro atoms. The molecule has 0 aliphatic carbocycles. The van der Waals surface area contributed by atoms with Crippen molar-refractivity contribution in [3.63, 3.8) is 0 Å². The summed E-state index contributed by atoms with van der Waals surface area (Å²) in [4.78, 5) is 7.73. The Kier molecular flexibility index (Phi) is 6.30. The maximum absolute atomic E-state index is 12.3. The molecule has 4 N–H and O–H groups in total. The summed E-state index contributed by atoms with van der Waals surface area (Å²) in [6.07, 6.45) is -6.90. The molecule has 0 fully saturated rings. The molecule has 1 heterocycles. The zero-order chi connectivity index (χ0) is 20.4. The molecule has 7 nitrogen and oxygen atoms in total. The van der Waals surface area contributed by atoms with E-state index in [2.05, 4.69) is 9.97 Å². The van der Waals surface area contributed by atoms with Crippen molar-refractivity contribution in [3.8, 4) is 11.3 Å². The Balaban J connectivity index is 2.24. The molecule has 0 saturated heterocycles. The molecule has 0 saturated carbocycles. The summed E-state index contributed by atoms with van der Waals surface area (Å²) in [6.45, 7) is 1.13. The van der Waals surface area contributed by atoms with Crippen LogP contribution in [0.1, 0.15) is 12.0 Å². The molecule has 0 aliphatic rings. The molecule has 148 valence electrons. The first-order chi connectivity index (χ1) is 12.4. The molecule has 2 aromatic rings. The van der Waals surface area contributed by atoms with Crippen molar-refractivity contribution in [2.75, 3.05) is 12.3 Å². The molecule has 1 atom stereocenters. The fourth-order valence-electron chi connectivity index (χ4n) is 2.13. The third kappa shape index (κ3) is 5.28. The van der Waals surface area contributed by atoms with Gasteiger partial charge in [-0.05, 0) is 31.0 Å². The number of anilines is 1. The van der Waals surface area contributed by atoms with Crippen molar-refractivity contribution >= 4 is 27.4 Å². The average Bonchev–Trinajstić information content (AvgIpc) is 2.56. The Morgan fingerprint density at radius 1 is 1.37 bits per heavy atom. The third-order valence-electron chi connectivity index (χ3n) is 3.64. The lowest BCUT2D eigenvalue weighted by Crippen LogP contribution is -2.34. The standard InChI is InChI=1S/C15H16ClF3N4O3S/c1-8-2-3-9(6-10(8)11-7-21-14(20)13(16)23-11)27(25,26)22-5-4-12(24)15(17,18)19/h2-3,6-7,12,22,24H,4-5H2,1H3,(H2,20,21). The molecule has 0 bridgehead atoms. The van der Waals surface area contributed by atoms with E-state index in [-0.39, 0.29) is 21.6 Å². The van der Waals surface area contributed by atoms with Crippen molar-refractivity contribution < 1.29 is 26.7 Å². The fraction of sp³-hybridized carbons (Fsp3) is 0.333. The Morgan fingerprint density at radius 2 is 2.04 bits per heavy atom. The zero-order valence-electron chi connectivity index (χ0n) is 14.0. The van der Waals surface area contributed by atoms with Crippen LogP contribution in [0, 0.1) is 6.92 Å². The number of nitrogen functional groups attached to an aromatic ring is 1. The van der Waals surface area contributed by atoms with E-state index < -0.39 is 35.3 Å². The number of hydrogen-bond donors (Lipinski definition) is 3. The molecule has 1 aromatic heterocycles. The van der Waals surface area contributed by atoms with E-state index >= 15 is 0 Å². The smallest absolute Gasteiger partial charge is 0.384 e. The minimum atomic E-state index is -4.81. The second kappa shape index (κ2) is 7.97. The van der Waals surface area contributed by atoms with E-state index in [9.17, 15) is 21.6 Å². The van der Waals surface area contributed by atoms with Gasteiger partial charge in [0, 0.05) is 12.1 Å². The van der Waals surface area contributed by atoms with Gasteiger partial charge in [0.1, 0.15) is 0 Å². The summed E-state index contributed by atoms with van der Waals surface area (Å²) < 4.78 is 63.5. The van der Waals surface area contributed by atoms with Crippen molar-refractivity contribution in [1.82, 2.24) is 14.7 Å². The molecular weight excluding hydrogens is 409 g/mol. The van der Waals surface area contributed by atoms with Crippen LogP contribution in [0.15, 0.2) is 29.3 Å². The summed E-state index contributed by atoms with van der Waals surface area (Å²) in [5.74, 6) is 0.0201. The first-order valence-corrected chi connectivity index (χ1v) is 9.41. The van der Waals surface area contributed by atoms with Gasteiger partial charge < -0.3 is 10.8 Å². The highest BCUT2D eigenvalue weighted by molar-refractivity contribution is 7.89. The van der Waals surface area contributed by atoms with Crippen molar-refractivity contribution in [2.24, 2.45) is 0 Å². The molecule has 12 heteroatoms. The van der Waals surface area contributed by atoms with Gasteiger partial charge in [0.15, 0.2) is 17.1 Å². The Labute approximate surface area is 158 Å². The normalized spacial score (nSPS) is 13.6. The first-order valence-electron chi connectivity index (χ1n) is 7.55. The van der Waals surface area contributed by atoms with Gasteiger partial charge in [0.25, 0.3) is 0 Å². The van der Waals surface area contributed by atoms with E-state index in [4.69, 9.17) is 22.4 Å². The number of aliphatic hydroxyl groups is 1. The van der Waals surface area contributed by atoms with Crippen molar-refractivity contribution in [1.29, 1.82) is 0 Å². The van der Waals surface area contributed by atoms with Crippen LogP contribution < -0.4 is 10.5 Å². The molecule has 0 aliphatic heterocycles. The lowest BCUT2D eigenvalue weighted by atomic mass is 10.1. The molecule has 2 rings (SSSR count). The number of benzene rings is 1. The summed E-state index contributed by atoms with van der Waals surface area (Å²) in [6, 6.07) is 4.11. The topological polar surface area (TPSA) is 118 Å². The fourth-order valence-corrected chi connectivity index (χ4v) is 3.34. The van der Waals surface area contributed by atoms with E-state index in [1.54, 1.807) is 6.92 Å². The SMILES string of the molecule is Cc1ccc(S(=O)(=O)NCCC(O)C(F)(F)F)cc1-c1cnc(N)c(Cl)n1. The minimum absolute atomic E-state index is 0.0201. The number of alkyl halides is 3. The lowest BCUT2D eigenvalue weighted by Gasteiger charge is -2.15. The second-order valence-electron chi connectivity index (χ2n) is 5.65. The highest BCUT2D eigenvalue weighted by Crippen LogP contribution is 2.27. The van der Waals surface area contributed by atoms with Crippen LogP contribution in [-0.2, 0) is 10.0 Å². The first kappa shape index (κ1) is 21.4. The maximum atomic E-state index is 12.3. The van der Waals surface area contributed by atoms with E-state index in [1.165, 1.54) is 24.4 Å². The summed E-state index contributed by atoms with van der Waals surface area (Å²) in [5, 5.41) is 8.89. The van der Waals surface area contributed by atoms with Crippen molar-refractivity contribution in [3.05, 3.63) is 35.1 Å². The predicted octanol–water partition coefficient (Wildman–Crippen LogP) is 2.28. The van der Waals surface area contributed by atoms with Crippen LogP contribution in [0.2, 0.25) is 5.15 Å². The Morgan fingerprint density at radius 3 is 2.63 bits per heavy atom. The number of hydrogen-bond acceptors (Lipinski definition) is 6. The van der Waals surface area contributed by atoms with Gasteiger partial charge in [0.2, 0.25) is 10.0 Å². The number of aromatic nitrogens is 2. The van der Waals surface area contributed by atoms with Crippen LogP contribution in [0.5, 0.6) is 0 Å². The van der Waals surface area contributed by atoms with Gasteiger partial charge in [-0.3, -0.25) is 0 Å². The van der Waals surface area contributed by atoms with E-state index in [0.717, 1.165) is 0 Å². The Bertz CT molecular complexity index is 938. The molecule has 1 aromatic carbocycles. The third-order valence-corrected chi connectivity index (χ3v) is 5.38. The minimum Gasteiger partial charge on any atom is -0.384 e. The number of aryl methyl sites for hydroxylation is 1. The number of halogens is 4. The number of aliphatic hydroxyl groups excluding tert-OH is 1. The quantitative estimate of drug-likeness (QED) is 0.654. The molecule has 1 unspecified atom stereocenters. The summed E-state index contributed by atoms with van der Waals surface area (Å²) >= 11 is 5.84. The van der Waals surface area contributed by atoms with Crippen LogP contribution in [-0.4, -0.2) is 42.3 Å². The predicted molar refractivity (Wildman–Crippen MR) is 93.5 cm³/mol. The van der Waals surface area contributed by atoms with Gasteiger partial charge in [-0.25, -0.2) is 23.1 Å². The van der Waals surface area contributed by atoms with E-state index in [0.29, 0.717) is 11.1 Å². The van der Waals surface area contributed by atoms with Crippen LogP contribution in [0.4, 0.5) is 19.0 Å². The van der Waals surface area contributed by atoms with Crippen molar-refractivity contribution in [2.45, 2.75) is 30.5 Å².